The molecule has 0 aliphatic carbocycles. The van der Waals surface area contributed by atoms with E-state index in [1.165, 1.54) is 0 Å². The van der Waals surface area contributed by atoms with Crippen LogP contribution in [0, 0.1) is 0 Å². The van der Waals surface area contributed by atoms with Crippen LogP contribution in [-0.4, -0.2) is 11.7 Å². The highest BCUT2D eigenvalue weighted by Crippen LogP contribution is 2.12. The Bertz CT molecular complexity index is 323. The summed E-state index contributed by atoms with van der Waals surface area (Å²) in [6.45, 7) is 5.38. The molecule has 0 unspecified atom stereocenters. The van der Waals surface area contributed by atoms with E-state index in [1.54, 1.807) is 12.4 Å². The Balaban J connectivity index is 3.03. The van der Waals surface area contributed by atoms with Gasteiger partial charge >= 0.3 is 0 Å². The number of aliphatic imine (C=N–C) groups is 1. The molecule has 2 nitrogen and oxygen atoms in total. The molecular weight excluding hydrogens is 160 g/mol. The largest absolute Gasteiger partial charge is 0.272 e. The molecule has 0 bridgehead atoms. The average Bonchev–Trinajstić information content (AvgIpc) is 2.19. The fourth-order valence-corrected chi connectivity index (χ4v) is 1.01. The molecule has 0 N–H and O–H groups in total. The van der Waals surface area contributed by atoms with Crippen molar-refractivity contribution in [3.05, 3.63) is 48.4 Å². The number of hydrogen-bond donors (Lipinski definition) is 0. The summed E-state index contributed by atoms with van der Waals surface area (Å²) in [5.74, 6) is 0. The van der Waals surface area contributed by atoms with Gasteiger partial charge in [0.2, 0.25) is 0 Å². The standard InChI is InChI=1S/C11H12N2/c1-3-6-10(9-12-2)11-7-4-5-8-13-11/h3-9H,2H2,1H3/b6-3-,10-9+. The third kappa shape index (κ3) is 2.67. The maximum absolute atomic E-state index is 4.21. The molecule has 0 fully saturated rings. The van der Waals surface area contributed by atoms with Crippen molar-refractivity contribution in [2.45, 2.75) is 6.92 Å². The second-order valence-corrected chi connectivity index (χ2v) is 2.48. The summed E-state index contributed by atoms with van der Waals surface area (Å²) in [4.78, 5) is 7.94. The van der Waals surface area contributed by atoms with Crippen LogP contribution in [0.1, 0.15) is 12.6 Å². The molecule has 1 aromatic rings. The lowest BCUT2D eigenvalue weighted by molar-refractivity contribution is 1.28. The highest BCUT2D eigenvalue weighted by atomic mass is 14.7. The quantitative estimate of drug-likeness (QED) is 0.508. The minimum absolute atomic E-state index is 0.910. The Morgan fingerprint density at radius 2 is 2.38 bits per heavy atom. The topological polar surface area (TPSA) is 25.2 Å². The van der Waals surface area contributed by atoms with Gasteiger partial charge in [-0.15, -0.1) is 0 Å². The number of nitrogens with zero attached hydrogens (tertiary/aromatic N) is 2. The van der Waals surface area contributed by atoms with Gasteiger partial charge in [0, 0.05) is 18.0 Å². The van der Waals surface area contributed by atoms with Crippen molar-refractivity contribution in [3.8, 4) is 0 Å². The van der Waals surface area contributed by atoms with Crippen LogP contribution in [0.5, 0.6) is 0 Å². The summed E-state index contributed by atoms with van der Waals surface area (Å²) >= 11 is 0. The van der Waals surface area contributed by atoms with Crippen molar-refractivity contribution in [3.63, 3.8) is 0 Å². The zero-order valence-electron chi connectivity index (χ0n) is 7.64. The highest BCUT2D eigenvalue weighted by molar-refractivity contribution is 5.71. The minimum atomic E-state index is 0.910. The monoisotopic (exact) mass is 172 g/mol. The van der Waals surface area contributed by atoms with Crippen LogP contribution in [0.3, 0.4) is 0 Å². The normalized spacial score (nSPS) is 11.9. The summed E-state index contributed by atoms with van der Waals surface area (Å²) in [5.41, 5.74) is 1.88. The average molecular weight is 172 g/mol. The van der Waals surface area contributed by atoms with Gasteiger partial charge in [-0.2, -0.15) is 0 Å². The van der Waals surface area contributed by atoms with Crippen LogP contribution in [0.15, 0.2) is 47.7 Å². The molecule has 13 heavy (non-hydrogen) atoms. The first-order chi connectivity index (χ1) is 6.38. The lowest BCUT2D eigenvalue weighted by atomic mass is 10.2. The molecule has 1 aromatic heterocycles. The van der Waals surface area contributed by atoms with E-state index in [0.29, 0.717) is 0 Å². The molecule has 0 radical (unpaired) electrons. The van der Waals surface area contributed by atoms with E-state index in [9.17, 15) is 0 Å². The van der Waals surface area contributed by atoms with Crippen molar-refractivity contribution in [1.29, 1.82) is 0 Å². The maximum Gasteiger partial charge on any atom is 0.0717 e. The smallest absolute Gasteiger partial charge is 0.0717 e. The van der Waals surface area contributed by atoms with Gasteiger partial charge in [0.25, 0.3) is 0 Å². The van der Waals surface area contributed by atoms with Crippen LogP contribution >= 0.6 is 0 Å². The van der Waals surface area contributed by atoms with Crippen molar-refractivity contribution in [2.24, 2.45) is 4.99 Å². The second-order valence-electron chi connectivity index (χ2n) is 2.48. The second kappa shape index (κ2) is 5.04. The third-order valence-corrected chi connectivity index (χ3v) is 1.54. The molecular formula is C11H12N2. The molecule has 0 amide bonds. The Hall–Kier alpha value is -1.70. The molecule has 0 atom stereocenters. The van der Waals surface area contributed by atoms with E-state index in [4.69, 9.17) is 0 Å². The summed E-state index contributed by atoms with van der Waals surface area (Å²) < 4.78 is 0. The van der Waals surface area contributed by atoms with Gasteiger partial charge in [-0.1, -0.05) is 18.2 Å². The van der Waals surface area contributed by atoms with Crippen LogP contribution in [0.2, 0.25) is 0 Å². The molecule has 0 aliphatic rings. The van der Waals surface area contributed by atoms with Crippen LogP contribution in [0.4, 0.5) is 0 Å². The summed E-state index contributed by atoms with van der Waals surface area (Å²) in [5, 5.41) is 0. The number of pyridine rings is 1. The first-order valence-corrected chi connectivity index (χ1v) is 4.08. The number of hydrogen-bond acceptors (Lipinski definition) is 2. The van der Waals surface area contributed by atoms with Gasteiger partial charge in [0.15, 0.2) is 0 Å². The van der Waals surface area contributed by atoms with Gasteiger partial charge in [0.05, 0.1) is 5.69 Å². The number of rotatable bonds is 3. The predicted molar refractivity (Wildman–Crippen MR) is 56.6 cm³/mol. The van der Waals surface area contributed by atoms with Gasteiger partial charge in [-0.05, 0) is 25.8 Å². The number of aromatic nitrogens is 1. The lowest BCUT2D eigenvalue weighted by Crippen LogP contribution is -1.84. The van der Waals surface area contributed by atoms with Crippen LogP contribution in [0.25, 0.3) is 5.57 Å². The van der Waals surface area contributed by atoms with Gasteiger partial charge in [-0.3, -0.25) is 9.98 Å². The first kappa shape index (κ1) is 9.39. The van der Waals surface area contributed by atoms with E-state index in [1.807, 2.05) is 37.3 Å². The molecule has 0 saturated heterocycles. The molecule has 1 heterocycles. The first-order valence-electron chi connectivity index (χ1n) is 4.08. The van der Waals surface area contributed by atoms with Crippen LogP contribution < -0.4 is 0 Å². The Morgan fingerprint density at radius 1 is 1.54 bits per heavy atom. The molecule has 0 spiro atoms. The maximum atomic E-state index is 4.21. The van der Waals surface area contributed by atoms with E-state index < -0.39 is 0 Å². The van der Waals surface area contributed by atoms with E-state index >= 15 is 0 Å². The number of allylic oxidation sites excluding steroid dienone is 3. The van der Waals surface area contributed by atoms with Crippen LogP contribution in [-0.2, 0) is 0 Å². The Labute approximate surface area is 78.4 Å². The summed E-state index contributed by atoms with van der Waals surface area (Å²) in [6, 6.07) is 5.78. The minimum Gasteiger partial charge on any atom is -0.272 e. The SMILES string of the molecule is C=N/C=C(\C=C/C)c1ccccn1. The van der Waals surface area contributed by atoms with E-state index in [-0.39, 0.29) is 0 Å². The van der Waals surface area contributed by atoms with E-state index in [0.717, 1.165) is 11.3 Å². The fraction of sp³-hybridized carbons (Fsp3) is 0.0909. The zero-order valence-corrected chi connectivity index (χ0v) is 7.64. The lowest BCUT2D eigenvalue weighted by Gasteiger charge is -1.98. The van der Waals surface area contributed by atoms with E-state index in [2.05, 4.69) is 16.7 Å². The third-order valence-electron chi connectivity index (χ3n) is 1.54. The Kier molecular flexibility index (Phi) is 3.64. The van der Waals surface area contributed by atoms with Gasteiger partial charge < -0.3 is 0 Å². The predicted octanol–water partition coefficient (Wildman–Crippen LogP) is 2.70. The summed E-state index contributed by atoms with van der Waals surface area (Å²) in [6.07, 6.45) is 7.36. The molecule has 2 heteroatoms. The molecule has 0 aromatic carbocycles. The van der Waals surface area contributed by atoms with Gasteiger partial charge in [-0.25, -0.2) is 0 Å². The molecule has 1 rings (SSSR count). The summed E-state index contributed by atoms with van der Waals surface area (Å²) in [7, 11) is 0. The van der Waals surface area contributed by atoms with Crippen molar-refractivity contribution < 1.29 is 0 Å². The fourth-order valence-electron chi connectivity index (χ4n) is 1.01. The van der Waals surface area contributed by atoms with Crippen molar-refractivity contribution in [2.75, 3.05) is 0 Å². The molecule has 0 saturated carbocycles. The molecule has 0 aliphatic heterocycles. The van der Waals surface area contributed by atoms with Crippen molar-refractivity contribution in [1.82, 2.24) is 4.98 Å². The van der Waals surface area contributed by atoms with Gasteiger partial charge in [0.1, 0.15) is 0 Å². The van der Waals surface area contributed by atoms with Crippen molar-refractivity contribution >= 4 is 12.3 Å². The Morgan fingerprint density at radius 3 is 2.92 bits per heavy atom. The molecule has 66 valence electrons. The highest BCUT2D eigenvalue weighted by Gasteiger charge is 1.95. The zero-order chi connectivity index (χ0) is 9.52.